The number of anilines is 1. The third-order valence-electron chi connectivity index (χ3n) is 3.65. The van der Waals surface area contributed by atoms with Gasteiger partial charge in [-0.25, -0.2) is 0 Å². The van der Waals surface area contributed by atoms with Gasteiger partial charge >= 0.3 is 0 Å². The fraction of sp³-hybridized carbons (Fsp3) is 0.400. The third kappa shape index (κ3) is 4.12. The second-order valence-corrected chi connectivity index (χ2v) is 5.41. The van der Waals surface area contributed by atoms with Crippen LogP contribution in [-0.2, 0) is 11.3 Å². The van der Waals surface area contributed by atoms with Gasteiger partial charge in [0.2, 0.25) is 5.91 Å². The Kier molecular flexibility index (Phi) is 4.77. The molecule has 0 atom stereocenters. The Bertz CT molecular complexity index is 589. The lowest BCUT2D eigenvalue weighted by Gasteiger charge is -2.26. The molecule has 0 saturated carbocycles. The van der Waals surface area contributed by atoms with E-state index in [1.165, 1.54) is 0 Å². The van der Waals surface area contributed by atoms with Crippen molar-refractivity contribution in [2.75, 3.05) is 38.0 Å². The van der Waals surface area contributed by atoms with Crippen LogP contribution in [0.1, 0.15) is 5.56 Å². The van der Waals surface area contributed by atoms with E-state index in [1.54, 1.807) is 12.7 Å². The van der Waals surface area contributed by atoms with Crippen molar-refractivity contribution >= 4 is 11.6 Å². The molecule has 0 aliphatic carbocycles. The van der Waals surface area contributed by atoms with Crippen molar-refractivity contribution in [3.63, 3.8) is 0 Å². The number of carbonyl (C=O) groups excluding carboxylic acids is 1. The van der Waals surface area contributed by atoms with Gasteiger partial charge in [0.15, 0.2) is 0 Å². The summed E-state index contributed by atoms with van der Waals surface area (Å²) in [5.41, 5.74) is 1.97. The maximum Gasteiger partial charge on any atom is 0.238 e. The van der Waals surface area contributed by atoms with Crippen LogP contribution in [-0.4, -0.2) is 58.3 Å². The molecule has 2 N–H and O–H groups in total. The zero-order valence-corrected chi connectivity index (χ0v) is 12.4. The van der Waals surface area contributed by atoms with E-state index in [2.05, 4.69) is 25.7 Å². The van der Waals surface area contributed by atoms with E-state index in [1.807, 2.05) is 28.8 Å². The fourth-order valence-corrected chi connectivity index (χ4v) is 2.48. The molecule has 0 unspecified atom stereocenters. The molecule has 0 radical (unpaired) electrons. The summed E-state index contributed by atoms with van der Waals surface area (Å²) in [6, 6.07) is 7.85. The number of nitrogens with zero attached hydrogens (tertiary/aromatic N) is 4. The van der Waals surface area contributed by atoms with Gasteiger partial charge in [0.05, 0.1) is 6.54 Å². The van der Waals surface area contributed by atoms with E-state index >= 15 is 0 Å². The molecule has 2 heterocycles. The molecule has 1 aromatic carbocycles. The van der Waals surface area contributed by atoms with Gasteiger partial charge in [-0.2, -0.15) is 0 Å². The summed E-state index contributed by atoms with van der Waals surface area (Å²) in [6.07, 6.45) is 3.37. The molecule has 0 spiro atoms. The van der Waals surface area contributed by atoms with Crippen LogP contribution in [0.3, 0.4) is 0 Å². The van der Waals surface area contributed by atoms with Crippen molar-refractivity contribution in [1.29, 1.82) is 0 Å². The molecule has 1 fully saturated rings. The van der Waals surface area contributed by atoms with E-state index in [0.29, 0.717) is 6.54 Å². The molecule has 1 amide bonds. The van der Waals surface area contributed by atoms with Gasteiger partial charge in [0.1, 0.15) is 12.7 Å². The fourth-order valence-electron chi connectivity index (χ4n) is 2.48. The van der Waals surface area contributed by atoms with Gasteiger partial charge in [-0.15, -0.1) is 10.2 Å². The van der Waals surface area contributed by atoms with Gasteiger partial charge in [-0.1, -0.05) is 12.1 Å². The monoisotopic (exact) mass is 300 g/mol. The molecule has 1 aromatic heterocycles. The average molecular weight is 300 g/mol. The Morgan fingerprint density at radius 3 is 2.50 bits per heavy atom. The van der Waals surface area contributed by atoms with Crippen molar-refractivity contribution in [2.24, 2.45) is 0 Å². The first-order chi connectivity index (χ1) is 10.8. The van der Waals surface area contributed by atoms with Gasteiger partial charge in [-0.05, 0) is 17.7 Å². The molecule has 2 aromatic rings. The van der Waals surface area contributed by atoms with Crippen LogP contribution in [0, 0.1) is 0 Å². The summed E-state index contributed by atoms with van der Waals surface area (Å²) in [5.74, 6) is 0.0356. The molecule has 3 rings (SSSR count). The maximum atomic E-state index is 12.0. The number of benzene rings is 1. The summed E-state index contributed by atoms with van der Waals surface area (Å²) in [7, 11) is 0. The smallest absolute Gasteiger partial charge is 0.238 e. The molecule has 1 saturated heterocycles. The highest BCUT2D eigenvalue weighted by atomic mass is 16.2. The second-order valence-electron chi connectivity index (χ2n) is 5.41. The highest BCUT2D eigenvalue weighted by Gasteiger charge is 2.13. The molecule has 1 aliphatic rings. The lowest BCUT2D eigenvalue weighted by atomic mass is 10.2. The van der Waals surface area contributed by atoms with Crippen molar-refractivity contribution in [3.05, 3.63) is 42.5 Å². The first-order valence-corrected chi connectivity index (χ1v) is 7.44. The number of carbonyl (C=O) groups is 1. The van der Waals surface area contributed by atoms with Gasteiger partial charge in [0, 0.05) is 38.4 Å². The second kappa shape index (κ2) is 7.15. The summed E-state index contributed by atoms with van der Waals surface area (Å²) in [6.45, 7) is 4.92. The van der Waals surface area contributed by atoms with Crippen LogP contribution in [0.5, 0.6) is 0 Å². The number of piperazine rings is 1. The third-order valence-corrected chi connectivity index (χ3v) is 3.65. The lowest BCUT2D eigenvalue weighted by Crippen LogP contribution is -2.46. The normalized spacial score (nSPS) is 15.6. The zero-order valence-electron chi connectivity index (χ0n) is 12.4. The molecule has 116 valence electrons. The number of amides is 1. The molecule has 0 bridgehead atoms. The summed E-state index contributed by atoms with van der Waals surface area (Å²) < 4.78 is 1.90. The zero-order chi connectivity index (χ0) is 15.2. The summed E-state index contributed by atoms with van der Waals surface area (Å²) in [5, 5.41) is 13.8. The van der Waals surface area contributed by atoms with Crippen LogP contribution >= 0.6 is 0 Å². The van der Waals surface area contributed by atoms with E-state index < -0.39 is 0 Å². The largest absolute Gasteiger partial charge is 0.325 e. The minimum atomic E-state index is 0.0356. The van der Waals surface area contributed by atoms with Gasteiger partial charge in [0.25, 0.3) is 0 Å². The van der Waals surface area contributed by atoms with E-state index in [4.69, 9.17) is 0 Å². The van der Waals surface area contributed by atoms with Crippen LogP contribution in [0.2, 0.25) is 0 Å². The Morgan fingerprint density at radius 1 is 1.14 bits per heavy atom. The SMILES string of the molecule is O=C(CN1CCNCC1)Nc1ccc(Cn2cnnc2)cc1. The number of aromatic nitrogens is 3. The molecule has 7 nitrogen and oxygen atoms in total. The number of nitrogens with one attached hydrogen (secondary N) is 2. The van der Waals surface area contributed by atoms with Crippen LogP contribution in [0.25, 0.3) is 0 Å². The van der Waals surface area contributed by atoms with Crippen LogP contribution in [0.4, 0.5) is 5.69 Å². The Labute approximate surface area is 129 Å². The van der Waals surface area contributed by atoms with Crippen molar-refractivity contribution in [2.45, 2.75) is 6.54 Å². The number of hydrogen-bond donors (Lipinski definition) is 2. The molecule has 7 heteroatoms. The van der Waals surface area contributed by atoms with Crippen molar-refractivity contribution < 1.29 is 4.79 Å². The van der Waals surface area contributed by atoms with Crippen molar-refractivity contribution in [3.8, 4) is 0 Å². The van der Waals surface area contributed by atoms with Crippen LogP contribution in [0.15, 0.2) is 36.9 Å². The first-order valence-electron chi connectivity index (χ1n) is 7.44. The Hall–Kier alpha value is -2.25. The minimum Gasteiger partial charge on any atom is -0.325 e. The number of rotatable bonds is 5. The standard InChI is InChI=1S/C15H20N6O/c22-15(10-20-7-5-16-6-8-20)19-14-3-1-13(2-4-14)9-21-11-17-18-12-21/h1-4,11-12,16H,5-10H2,(H,19,22). The average Bonchev–Trinajstić information content (AvgIpc) is 3.03. The van der Waals surface area contributed by atoms with E-state index in [-0.39, 0.29) is 5.91 Å². The highest BCUT2D eigenvalue weighted by molar-refractivity contribution is 5.92. The Balaban J connectivity index is 1.50. The van der Waals surface area contributed by atoms with Crippen molar-refractivity contribution in [1.82, 2.24) is 25.0 Å². The summed E-state index contributed by atoms with van der Waals surface area (Å²) in [4.78, 5) is 14.2. The lowest BCUT2D eigenvalue weighted by molar-refractivity contribution is -0.117. The molecule has 22 heavy (non-hydrogen) atoms. The molecular weight excluding hydrogens is 280 g/mol. The quantitative estimate of drug-likeness (QED) is 0.823. The van der Waals surface area contributed by atoms with Gasteiger partial charge < -0.3 is 15.2 Å². The first kappa shape index (κ1) is 14.7. The molecular formula is C15H20N6O. The number of hydrogen-bond acceptors (Lipinski definition) is 5. The predicted octanol–water partition coefficient (Wildman–Crippen LogP) is 0.170. The summed E-state index contributed by atoms with van der Waals surface area (Å²) >= 11 is 0. The maximum absolute atomic E-state index is 12.0. The van der Waals surface area contributed by atoms with Gasteiger partial charge in [-0.3, -0.25) is 9.69 Å². The molecule has 1 aliphatic heterocycles. The van der Waals surface area contributed by atoms with E-state index in [9.17, 15) is 4.79 Å². The Morgan fingerprint density at radius 2 is 1.82 bits per heavy atom. The predicted molar refractivity (Wildman–Crippen MR) is 83.5 cm³/mol. The minimum absolute atomic E-state index is 0.0356. The van der Waals surface area contributed by atoms with E-state index in [0.717, 1.165) is 44.0 Å². The topological polar surface area (TPSA) is 75.1 Å². The van der Waals surface area contributed by atoms with Crippen LogP contribution < -0.4 is 10.6 Å². The highest BCUT2D eigenvalue weighted by Crippen LogP contribution is 2.10.